The van der Waals surface area contributed by atoms with Gasteiger partial charge in [-0.25, -0.2) is 23.9 Å². The quantitative estimate of drug-likeness (QED) is 0.0250. The van der Waals surface area contributed by atoms with Gasteiger partial charge in [-0.3, -0.25) is 18.9 Å². The second kappa shape index (κ2) is 19.3. The van der Waals surface area contributed by atoms with E-state index in [1.807, 2.05) is 4.90 Å². The van der Waals surface area contributed by atoms with Crippen molar-refractivity contribution in [3.63, 3.8) is 0 Å². The molecule has 3 aliphatic rings. The second-order valence-electron chi connectivity index (χ2n) is 15.5. The molecule has 4 heterocycles. The zero-order valence-corrected chi connectivity index (χ0v) is 39.5. The lowest BCUT2D eigenvalue weighted by Crippen LogP contribution is -2.39. The van der Waals surface area contributed by atoms with Crippen LogP contribution < -0.4 is 31.1 Å². The van der Waals surface area contributed by atoms with Crippen molar-refractivity contribution in [1.29, 1.82) is 0 Å². The Kier molecular flexibility index (Phi) is 12.9. The number of hydrogen-bond donors (Lipinski definition) is 7. The number of aromatic nitrogens is 4. The average Bonchev–Trinajstić information content (AvgIpc) is 3.36. The molecule has 24 nitrogen and oxygen atoms in total. The fourth-order valence-corrected chi connectivity index (χ4v) is 10.7. The number of amidine groups is 1. The number of rotatable bonds is 15. The Labute approximate surface area is 409 Å². The van der Waals surface area contributed by atoms with Crippen LogP contribution in [0.15, 0.2) is 126 Å². The maximum absolute atomic E-state index is 14.8. The van der Waals surface area contributed by atoms with Gasteiger partial charge in [-0.2, -0.15) is 23.4 Å². The SMILES string of the molecule is Cn1c(=O)c(C2=Nc3ccccc3S(=O)(=O)N2)c2c3c(c(Nc4cc(Nc5nc(Nc6cc(S(=O)(=O)O)ccc6SOOO)nc(N6CCOCC6)n5)ccc4SOOO)ccc31)C(=O)c1ccccc1-2. The van der Waals surface area contributed by atoms with Crippen LogP contribution in [0.5, 0.6) is 0 Å². The van der Waals surface area contributed by atoms with E-state index in [1.54, 1.807) is 66.7 Å². The first kappa shape index (κ1) is 47.6. The number of pyridine rings is 1. The highest BCUT2D eigenvalue weighted by atomic mass is 32.2. The Hall–Kier alpha value is -7.06. The second-order valence-corrected chi connectivity index (χ2v) is 20.0. The third kappa shape index (κ3) is 9.25. The molecule has 28 heteroatoms. The van der Waals surface area contributed by atoms with Gasteiger partial charge >= 0.3 is 0 Å². The van der Waals surface area contributed by atoms with Crippen LogP contribution in [0.25, 0.3) is 22.0 Å². The molecule has 0 bridgehead atoms. The van der Waals surface area contributed by atoms with Crippen LogP contribution in [0.2, 0.25) is 0 Å². The number of fused-ring (bicyclic) bond motifs is 3. The number of benzene rings is 5. The van der Waals surface area contributed by atoms with E-state index in [1.165, 1.54) is 29.8 Å². The molecule has 0 spiro atoms. The molecule has 1 fully saturated rings. The summed E-state index contributed by atoms with van der Waals surface area (Å²) in [4.78, 5) is 49.4. The Balaban J connectivity index is 1.08. The fraction of sp³-hybridized carbons (Fsp3) is 0.116. The summed E-state index contributed by atoms with van der Waals surface area (Å²) in [6, 6.07) is 24.3. The van der Waals surface area contributed by atoms with Gasteiger partial charge in [0.05, 0.1) is 91.4 Å². The number of carbonyl (C=O) groups is 1. The van der Waals surface area contributed by atoms with E-state index in [4.69, 9.17) is 19.6 Å². The third-order valence-electron chi connectivity index (χ3n) is 11.3. The Morgan fingerprint density at radius 2 is 1.41 bits per heavy atom. The minimum absolute atomic E-state index is 0.0186. The highest BCUT2D eigenvalue weighted by molar-refractivity contribution is 7.95. The van der Waals surface area contributed by atoms with Crippen LogP contribution in [-0.4, -0.2) is 89.3 Å². The van der Waals surface area contributed by atoms with E-state index in [-0.39, 0.29) is 78.5 Å². The summed E-state index contributed by atoms with van der Waals surface area (Å²) < 4.78 is 80.0. The number of para-hydroxylation sites is 1. The molecule has 71 heavy (non-hydrogen) atoms. The molecule has 2 aliphatic heterocycles. The molecule has 7 N–H and O–H groups in total. The van der Waals surface area contributed by atoms with E-state index >= 15 is 0 Å². The lowest BCUT2D eigenvalue weighted by Gasteiger charge is -2.27. The van der Waals surface area contributed by atoms with Crippen molar-refractivity contribution in [3.8, 4) is 11.1 Å². The third-order valence-corrected chi connectivity index (χ3v) is 14.9. The highest BCUT2D eigenvalue weighted by Gasteiger charge is 2.36. The zero-order chi connectivity index (χ0) is 49.6. The number of hydrogen-bond acceptors (Lipinski definition) is 23. The molecule has 2 aromatic heterocycles. The number of nitrogens with one attached hydrogen (secondary N) is 4. The molecule has 5 aromatic carbocycles. The number of ketones is 1. The summed E-state index contributed by atoms with van der Waals surface area (Å²) in [5.74, 6) is -0.567. The van der Waals surface area contributed by atoms with Crippen LogP contribution in [0, 0.1) is 0 Å². The van der Waals surface area contributed by atoms with Crippen LogP contribution in [-0.2, 0) is 50.7 Å². The molecule has 1 saturated heterocycles. The van der Waals surface area contributed by atoms with E-state index in [2.05, 4.69) is 55.0 Å². The van der Waals surface area contributed by atoms with E-state index in [0.29, 0.717) is 77.4 Å². The molecule has 10 rings (SSSR count). The fourth-order valence-electron chi connectivity index (χ4n) is 8.20. The van der Waals surface area contributed by atoms with E-state index < -0.39 is 36.4 Å². The van der Waals surface area contributed by atoms with Gasteiger partial charge in [0.2, 0.25) is 17.8 Å². The van der Waals surface area contributed by atoms with Gasteiger partial charge in [0.15, 0.2) is 11.6 Å². The maximum Gasteiger partial charge on any atom is 0.294 e. The molecule has 0 atom stereocenters. The zero-order valence-electron chi connectivity index (χ0n) is 36.2. The Morgan fingerprint density at radius 3 is 2.13 bits per heavy atom. The van der Waals surface area contributed by atoms with Crippen LogP contribution in [0.4, 0.5) is 46.3 Å². The number of morpholine rings is 1. The van der Waals surface area contributed by atoms with Crippen molar-refractivity contribution < 1.29 is 60.2 Å². The first-order valence-corrected chi connectivity index (χ1v) is 25.1. The van der Waals surface area contributed by atoms with E-state index in [9.17, 15) is 31.0 Å². The number of ether oxygens (including phenoxy) is 1. The van der Waals surface area contributed by atoms with Crippen molar-refractivity contribution >= 4 is 113 Å². The molecule has 0 unspecified atom stereocenters. The number of sulfonamides is 1. The largest absolute Gasteiger partial charge is 0.378 e. The summed E-state index contributed by atoms with van der Waals surface area (Å²) in [7, 11) is -7.34. The molecule has 364 valence electrons. The smallest absolute Gasteiger partial charge is 0.294 e. The number of anilines is 7. The number of carbonyl (C=O) groups excluding carboxylic acids is 1. The summed E-state index contributed by atoms with van der Waals surface area (Å²) >= 11 is 1.13. The first-order chi connectivity index (χ1) is 34.2. The summed E-state index contributed by atoms with van der Waals surface area (Å²) in [6.07, 6.45) is 0. The Bertz CT molecular complexity index is 3650. The minimum Gasteiger partial charge on any atom is -0.378 e. The summed E-state index contributed by atoms with van der Waals surface area (Å²) in [5, 5.41) is 35.4. The molecule has 1 aliphatic carbocycles. The van der Waals surface area contributed by atoms with Crippen molar-refractivity contribution in [1.82, 2.24) is 24.2 Å². The van der Waals surface area contributed by atoms with Crippen LogP contribution in [0.3, 0.4) is 0 Å². The van der Waals surface area contributed by atoms with Gasteiger partial charge in [-0.05, 0) is 66.2 Å². The lowest BCUT2D eigenvalue weighted by atomic mass is 9.81. The van der Waals surface area contributed by atoms with Crippen molar-refractivity contribution in [2.75, 3.05) is 47.2 Å². The predicted octanol–water partition coefficient (Wildman–Crippen LogP) is 6.48. The standard InChI is InChI=1S/C43H34N10O14S4/c1-52-30-13-12-27(35-36(30)34(24-6-2-3-7-25(24)38(35)54)37(40(52)55)39-46-26-8-4-5-9-33(26)70(58,59)51-39)45-28-20-22(10-14-31(28)68-66-64-56)44-41-48-42(50-43(49-41)53-16-18-63-19-17-53)47-29-21-23(71(60,61)62)11-15-32(29)69-67-65-57/h2-15,20-21,45,56-57H,16-19H2,1H3,(H,46,51)(H,60,61,62)(H2,44,47,48,49,50). The topological polar surface area (TPSA) is 317 Å². The lowest BCUT2D eigenvalue weighted by molar-refractivity contribution is -0.432. The molecule has 0 radical (unpaired) electrons. The molecular formula is C43H34N10O14S4. The number of aliphatic imine (C=N–C) groups is 1. The van der Waals surface area contributed by atoms with E-state index in [0.717, 1.165) is 12.1 Å². The predicted molar refractivity (Wildman–Crippen MR) is 258 cm³/mol. The van der Waals surface area contributed by atoms with Gasteiger partial charge in [-0.15, -0.1) is 8.67 Å². The normalized spacial score (nSPS) is 14.8. The van der Waals surface area contributed by atoms with Gasteiger partial charge in [-0.1, -0.05) is 46.5 Å². The minimum atomic E-state index is -4.68. The van der Waals surface area contributed by atoms with Gasteiger partial charge in [0, 0.05) is 42.3 Å². The summed E-state index contributed by atoms with van der Waals surface area (Å²) in [5.41, 5.74) is 1.76. The van der Waals surface area contributed by atoms with Crippen molar-refractivity contribution in [2.45, 2.75) is 19.6 Å². The first-order valence-electron chi connectivity index (χ1n) is 20.7. The number of nitrogens with zero attached hydrogens (tertiary/aromatic N) is 6. The molecule has 0 amide bonds. The monoisotopic (exact) mass is 1040 g/mol. The molecule has 7 aromatic rings. The average molecular weight is 1040 g/mol. The van der Waals surface area contributed by atoms with Crippen LogP contribution in [0.1, 0.15) is 21.5 Å². The molecule has 0 saturated carbocycles. The van der Waals surface area contributed by atoms with Gasteiger partial charge in [0.1, 0.15) is 4.90 Å². The Morgan fingerprint density at radius 1 is 0.746 bits per heavy atom. The van der Waals surface area contributed by atoms with Gasteiger partial charge in [0.25, 0.3) is 25.7 Å². The van der Waals surface area contributed by atoms with Crippen LogP contribution >= 0.6 is 24.1 Å². The maximum atomic E-state index is 14.8. The van der Waals surface area contributed by atoms with Gasteiger partial charge < -0.3 is 30.2 Å². The van der Waals surface area contributed by atoms with Crippen molar-refractivity contribution in [3.05, 3.63) is 124 Å². The van der Waals surface area contributed by atoms with Crippen molar-refractivity contribution in [2.24, 2.45) is 12.0 Å². The molecular weight excluding hydrogens is 1010 g/mol. The summed E-state index contributed by atoms with van der Waals surface area (Å²) in [6.45, 7) is 1.55. The number of aryl methyl sites for hydroxylation is 1. The highest BCUT2D eigenvalue weighted by Crippen LogP contribution is 2.45.